The monoisotopic (exact) mass is 354 g/mol. The molecule has 1 amide bonds. The summed E-state index contributed by atoms with van der Waals surface area (Å²) in [5.74, 6) is 1.80. The number of rotatable bonds is 5. The molecule has 3 rings (SSSR count). The van der Waals surface area contributed by atoms with Crippen molar-refractivity contribution in [1.29, 1.82) is 0 Å². The summed E-state index contributed by atoms with van der Waals surface area (Å²) >= 11 is 0. The Morgan fingerprint density at radius 2 is 2.15 bits per heavy atom. The number of aryl methyl sites for hydroxylation is 1. The zero-order chi connectivity index (χ0) is 18.5. The van der Waals surface area contributed by atoms with Gasteiger partial charge in [0.15, 0.2) is 0 Å². The van der Waals surface area contributed by atoms with E-state index in [2.05, 4.69) is 22.2 Å². The molecular formula is C20H26N4O2. The number of para-hydroxylation sites is 1. The van der Waals surface area contributed by atoms with Crippen LogP contribution in [-0.4, -0.2) is 41.0 Å². The lowest BCUT2D eigenvalue weighted by atomic mass is 10.00. The van der Waals surface area contributed by atoms with Gasteiger partial charge in [0.2, 0.25) is 5.95 Å². The number of amides is 1. The molecule has 0 radical (unpaired) electrons. The number of benzene rings is 1. The van der Waals surface area contributed by atoms with Gasteiger partial charge in [0.25, 0.3) is 5.91 Å². The molecule has 1 aliphatic rings. The fourth-order valence-electron chi connectivity index (χ4n) is 3.32. The molecule has 1 atom stereocenters. The highest BCUT2D eigenvalue weighted by atomic mass is 16.5. The van der Waals surface area contributed by atoms with Crippen molar-refractivity contribution in [3.63, 3.8) is 0 Å². The van der Waals surface area contributed by atoms with Crippen molar-refractivity contribution in [1.82, 2.24) is 14.9 Å². The Labute approximate surface area is 154 Å². The summed E-state index contributed by atoms with van der Waals surface area (Å²) in [4.78, 5) is 23.6. The molecule has 1 aromatic heterocycles. The zero-order valence-corrected chi connectivity index (χ0v) is 15.7. The van der Waals surface area contributed by atoms with Gasteiger partial charge in [-0.25, -0.2) is 9.97 Å². The van der Waals surface area contributed by atoms with Crippen molar-refractivity contribution in [3.8, 4) is 5.75 Å². The van der Waals surface area contributed by atoms with Crippen molar-refractivity contribution in [2.45, 2.75) is 33.2 Å². The van der Waals surface area contributed by atoms with Gasteiger partial charge >= 0.3 is 0 Å². The lowest BCUT2D eigenvalue weighted by Gasteiger charge is -2.30. The minimum absolute atomic E-state index is 0.0117. The molecule has 0 saturated carbocycles. The molecule has 1 aliphatic heterocycles. The molecule has 0 bridgehead atoms. The first-order chi connectivity index (χ1) is 12.6. The van der Waals surface area contributed by atoms with Crippen LogP contribution in [0.2, 0.25) is 0 Å². The molecule has 2 heterocycles. The number of carbonyl (C=O) groups excluding carboxylic acids is 1. The largest absolute Gasteiger partial charge is 0.496 e. The van der Waals surface area contributed by atoms with Crippen molar-refractivity contribution in [2.75, 3.05) is 25.5 Å². The van der Waals surface area contributed by atoms with Gasteiger partial charge in [-0.15, -0.1) is 0 Å². The average molecular weight is 354 g/mol. The summed E-state index contributed by atoms with van der Waals surface area (Å²) in [6, 6.07) is 9.56. The number of carbonyl (C=O) groups is 1. The van der Waals surface area contributed by atoms with Gasteiger partial charge in [-0.2, -0.15) is 0 Å². The SMILES string of the molecule is COc1ccccc1CNc1nc(C)cc(C(=O)N2CCCC(C)C2)n1. The zero-order valence-electron chi connectivity index (χ0n) is 15.7. The van der Waals surface area contributed by atoms with Crippen molar-refractivity contribution >= 4 is 11.9 Å². The second kappa shape index (κ2) is 8.17. The highest BCUT2D eigenvalue weighted by Gasteiger charge is 2.23. The molecule has 2 aromatic rings. The third-order valence-electron chi connectivity index (χ3n) is 4.65. The van der Waals surface area contributed by atoms with Crippen LogP contribution in [0, 0.1) is 12.8 Å². The molecule has 1 unspecified atom stereocenters. The highest BCUT2D eigenvalue weighted by Crippen LogP contribution is 2.20. The van der Waals surface area contributed by atoms with E-state index in [4.69, 9.17) is 4.74 Å². The maximum Gasteiger partial charge on any atom is 0.272 e. The van der Waals surface area contributed by atoms with Crippen LogP contribution in [0.1, 0.15) is 41.5 Å². The molecule has 1 N–H and O–H groups in total. The van der Waals surface area contributed by atoms with Gasteiger partial charge in [0, 0.05) is 30.9 Å². The first kappa shape index (κ1) is 18.2. The summed E-state index contributed by atoms with van der Waals surface area (Å²) in [6.07, 6.45) is 2.23. The third-order valence-corrected chi connectivity index (χ3v) is 4.65. The van der Waals surface area contributed by atoms with Crippen LogP contribution >= 0.6 is 0 Å². The molecule has 1 fully saturated rings. The Bertz CT molecular complexity index is 778. The van der Waals surface area contributed by atoms with Gasteiger partial charge in [0.1, 0.15) is 11.4 Å². The topological polar surface area (TPSA) is 67.3 Å². The van der Waals surface area contributed by atoms with Crippen molar-refractivity contribution in [2.24, 2.45) is 5.92 Å². The normalized spacial score (nSPS) is 17.0. The summed E-state index contributed by atoms with van der Waals surface area (Å²) < 4.78 is 5.37. The Hall–Kier alpha value is -2.63. The predicted molar refractivity (Wildman–Crippen MR) is 101 cm³/mol. The highest BCUT2D eigenvalue weighted by molar-refractivity contribution is 5.92. The fourth-order valence-corrected chi connectivity index (χ4v) is 3.32. The number of aromatic nitrogens is 2. The number of ether oxygens (including phenoxy) is 1. The predicted octanol–water partition coefficient (Wildman–Crippen LogP) is 3.28. The molecule has 6 heteroatoms. The van der Waals surface area contributed by atoms with E-state index in [-0.39, 0.29) is 5.91 Å². The molecule has 6 nitrogen and oxygen atoms in total. The number of nitrogens with one attached hydrogen (secondary N) is 1. The second-order valence-electron chi connectivity index (χ2n) is 6.88. The lowest BCUT2D eigenvalue weighted by Crippen LogP contribution is -2.39. The van der Waals surface area contributed by atoms with Crippen LogP contribution in [0.4, 0.5) is 5.95 Å². The number of hydrogen-bond acceptors (Lipinski definition) is 5. The molecule has 26 heavy (non-hydrogen) atoms. The molecular weight excluding hydrogens is 328 g/mol. The first-order valence-electron chi connectivity index (χ1n) is 9.07. The summed E-state index contributed by atoms with van der Waals surface area (Å²) in [5.41, 5.74) is 2.24. The minimum atomic E-state index is -0.0117. The van der Waals surface area contributed by atoms with Crippen molar-refractivity contribution in [3.05, 3.63) is 47.3 Å². The summed E-state index contributed by atoms with van der Waals surface area (Å²) in [7, 11) is 1.65. The van der Waals surface area contributed by atoms with Gasteiger partial charge in [-0.05, 0) is 37.8 Å². The smallest absolute Gasteiger partial charge is 0.272 e. The van der Waals surface area contributed by atoms with E-state index in [9.17, 15) is 4.79 Å². The van der Waals surface area contributed by atoms with Crippen LogP contribution in [-0.2, 0) is 6.54 Å². The van der Waals surface area contributed by atoms with Crippen LogP contribution in [0.15, 0.2) is 30.3 Å². The molecule has 1 aromatic carbocycles. The number of nitrogens with zero attached hydrogens (tertiary/aromatic N) is 3. The Kier molecular flexibility index (Phi) is 5.71. The van der Waals surface area contributed by atoms with E-state index in [1.54, 1.807) is 13.2 Å². The van der Waals surface area contributed by atoms with E-state index in [0.717, 1.165) is 36.5 Å². The second-order valence-corrected chi connectivity index (χ2v) is 6.88. The fraction of sp³-hybridized carbons (Fsp3) is 0.450. The van der Waals surface area contributed by atoms with Crippen LogP contribution < -0.4 is 10.1 Å². The van der Waals surface area contributed by atoms with Gasteiger partial charge < -0.3 is 15.0 Å². The van der Waals surface area contributed by atoms with Crippen LogP contribution in [0.5, 0.6) is 5.75 Å². The molecule has 0 aliphatic carbocycles. The summed E-state index contributed by atoms with van der Waals surface area (Å²) in [6.45, 7) is 6.19. The third kappa shape index (κ3) is 4.31. The number of anilines is 1. The number of methoxy groups -OCH3 is 1. The van der Waals surface area contributed by atoms with Crippen LogP contribution in [0.3, 0.4) is 0 Å². The number of hydrogen-bond donors (Lipinski definition) is 1. The van der Waals surface area contributed by atoms with E-state index in [0.29, 0.717) is 24.1 Å². The Balaban J connectivity index is 1.74. The van der Waals surface area contributed by atoms with E-state index >= 15 is 0 Å². The van der Waals surface area contributed by atoms with Gasteiger partial charge in [-0.1, -0.05) is 25.1 Å². The first-order valence-corrected chi connectivity index (χ1v) is 9.07. The van der Waals surface area contributed by atoms with Gasteiger partial charge in [0.05, 0.1) is 7.11 Å². The standard InChI is InChI=1S/C20H26N4O2/c1-14-7-6-10-24(13-14)19(25)17-11-15(2)22-20(23-17)21-12-16-8-4-5-9-18(16)26-3/h4-5,8-9,11,14H,6-7,10,12-13H2,1-3H3,(H,21,22,23). The quantitative estimate of drug-likeness (QED) is 0.892. The molecule has 1 saturated heterocycles. The van der Waals surface area contributed by atoms with Gasteiger partial charge in [-0.3, -0.25) is 4.79 Å². The van der Waals surface area contributed by atoms with E-state index in [1.807, 2.05) is 36.1 Å². The van der Waals surface area contributed by atoms with E-state index < -0.39 is 0 Å². The minimum Gasteiger partial charge on any atom is -0.496 e. The maximum atomic E-state index is 12.8. The van der Waals surface area contributed by atoms with Crippen molar-refractivity contribution < 1.29 is 9.53 Å². The molecule has 138 valence electrons. The average Bonchev–Trinajstić information content (AvgIpc) is 2.65. The Morgan fingerprint density at radius 3 is 2.92 bits per heavy atom. The lowest BCUT2D eigenvalue weighted by molar-refractivity contribution is 0.0677. The number of piperidine rings is 1. The van der Waals surface area contributed by atoms with Crippen LogP contribution in [0.25, 0.3) is 0 Å². The summed E-state index contributed by atoms with van der Waals surface area (Å²) in [5, 5.41) is 3.21. The Morgan fingerprint density at radius 1 is 1.35 bits per heavy atom. The van der Waals surface area contributed by atoms with E-state index in [1.165, 1.54) is 6.42 Å². The molecule has 0 spiro atoms. The number of likely N-dealkylation sites (tertiary alicyclic amines) is 1. The maximum absolute atomic E-state index is 12.8.